The molecule has 0 saturated carbocycles. The van der Waals surface area contributed by atoms with Crippen molar-refractivity contribution in [2.45, 2.75) is 13.8 Å². The number of amides is 2. The van der Waals surface area contributed by atoms with Gasteiger partial charge in [-0.15, -0.1) is 0 Å². The Bertz CT molecular complexity index is 1280. The molecule has 7 nitrogen and oxygen atoms in total. The number of rotatable bonds is 5. The number of nitrogens with one attached hydrogen (secondary N) is 2. The summed E-state index contributed by atoms with van der Waals surface area (Å²) in [6.07, 6.45) is 1.52. The average molecular weight is 433 g/mol. The highest BCUT2D eigenvalue weighted by atomic mass is 32.1. The maximum absolute atomic E-state index is 12.6. The Morgan fingerprint density at radius 2 is 1.68 bits per heavy atom. The van der Waals surface area contributed by atoms with Crippen LogP contribution >= 0.6 is 11.3 Å². The summed E-state index contributed by atoms with van der Waals surface area (Å²) in [5.41, 5.74) is 3.70. The van der Waals surface area contributed by atoms with E-state index in [9.17, 15) is 9.59 Å². The van der Waals surface area contributed by atoms with Gasteiger partial charge < -0.3 is 10.1 Å². The van der Waals surface area contributed by atoms with E-state index in [1.807, 2.05) is 44.2 Å². The van der Waals surface area contributed by atoms with Crippen molar-refractivity contribution < 1.29 is 14.3 Å². The van der Waals surface area contributed by atoms with E-state index in [1.165, 1.54) is 17.5 Å². The number of benzene rings is 2. The molecule has 8 heteroatoms. The summed E-state index contributed by atoms with van der Waals surface area (Å²) < 4.78 is 6.75. The van der Waals surface area contributed by atoms with Gasteiger partial charge in [0.2, 0.25) is 0 Å². The van der Waals surface area contributed by atoms with Gasteiger partial charge in [-0.05, 0) is 44.2 Å². The molecule has 0 atom stereocenters. The number of hydrogen-bond acceptors (Lipinski definition) is 6. The fraction of sp³-hybridized carbons (Fsp3) is 0.130. The predicted octanol–water partition coefficient (Wildman–Crippen LogP) is 4.71. The van der Waals surface area contributed by atoms with Gasteiger partial charge >= 0.3 is 0 Å². The maximum Gasteiger partial charge on any atom is 0.269 e. The van der Waals surface area contributed by atoms with Crippen molar-refractivity contribution in [3.05, 3.63) is 77.1 Å². The van der Waals surface area contributed by atoms with E-state index in [0.717, 1.165) is 21.3 Å². The molecule has 0 bridgehead atoms. The molecule has 0 fully saturated rings. The number of pyridine rings is 1. The van der Waals surface area contributed by atoms with Crippen molar-refractivity contribution in [1.82, 2.24) is 15.3 Å². The molecule has 2 aromatic heterocycles. The number of ether oxygens (including phenoxy) is 1. The fourth-order valence-corrected chi connectivity index (χ4v) is 4.05. The van der Waals surface area contributed by atoms with Crippen LogP contribution in [0.4, 0.5) is 5.13 Å². The average Bonchev–Trinajstić information content (AvgIpc) is 3.14. The lowest BCUT2D eigenvalue weighted by Crippen LogP contribution is -2.18. The second kappa shape index (κ2) is 8.53. The number of aromatic nitrogens is 2. The van der Waals surface area contributed by atoms with Gasteiger partial charge in [0, 0.05) is 30.9 Å². The Balaban J connectivity index is 1.53. The van der Waals surface area contributed by atoms with Crippen LogP contribution in [-0.2, 0) is 0 Å². The van der Waals surface area contributed by atoms with Gasteiger partial charge in [0.1, 0.15) is 17.2 Å². The maximum atomic E-state index is 12.6. The highest BCUT2D eigenvalue weighted by molar-refractivity contribution is 7.22. The van der Waals surface area contributed by atoms with Crippen molar-refractivity contribution in [1.29, 1.82) is 0 Å². The molecule has 0 spiro atoms. The van der Waals surface area contributed by atoms with Gasteiger partial charge in [-0.3, -0.25) is 19.9 Å². The first-order chi connectivity index (χ1) is 14.9. The minimum absolute atomic E-state index is 0.194. The molecule has 0 aliphatic rings. The molecule has 2 heterocycles. The fourth-order valence-electron chi connectivity index (χ4n) is 3.16. The molecular formula is C23H20N4O3S. The molecule has 2 N–H and O–H groups in total. The lowest BCUT2D eigenvalue weighted by atomic mass is 10.1. The molecule has 156 valence electrons. The Hall–Kier alpha value is -3.78. The predicted molar refractivity (Wildman–Crippen MR) is 121 cm³/mol. The van der Waals surface area contributed by atoms with E-state index in [-0.39, 0.29) is 17.5 Å². The van der Waals surface area contributed by atoms with Crippen LogP contribution in [0.25, 0.3) is 10.2 Å². The van der Waals surface area contributed by atoms with Crippen molar-refractivity contribution in [2.75, 3.05) is 12.4 Å². The van der Waals surface area contributed by atoms with Crippen LogP contribution in [-0.4, -0.2) is 28.8 Å². The number of hydrogen-bond donors (Lipinski definition) is 2. The zero-order valence-corrected chi connectivity index (χ0v) is 18.0. The first-order valence-corrected chi connectivity index (χ1v) is 10.4. The van der Waals surface area contributed by atoms with Crippen LogP contribution in [0, 0.1) is 13.8 Å². The molecule has 0 radical (unpaired) electrons. The molecule has 2 amide bonds. The topological polar surface area (TPSA) is 93.2 Å². The molecule has 0 aliphatic carbocycles. The number of carbonyl (C=O) groups is 2. The normalized spacial score (nSPS) is 10.7. The molecule has 2 aromatic carbocycles. The molecule has 0 saturated heterocycles. The largest absolute Gasteiger partial charge is 0.457 e. The van der Waals surface area contributed by atoms with E-state index >= 15 is 0 Å². The second-order valence-corrected chi connectivity index (χ2v) is 8.07. The molecule has 31 heavy (non-hydrogen) atoms. The van der Waals surface area contributed by atoms with Crippen molar-refractivity contribution >= 4 is 38.5 Å². The molecule has 0 aliphatic heterocycles. The smallest absolute Gasteiger partial charge is 0.269 e. The zero-order valence-electron chi connectivity index (χ0n) is 17.2. The van der Waals surface area contributed by atoms with Crippen molar-refractivity contribution in [2.24, 2.45) is 0 Å². The van der Waals surface area contributed by atoms with Gasteiger partial charge in [-0.2, -0.15) is 0 Å². The van der Waals surface area contributed by atoms with Gasteiger partial charge in [-0.25, -0.2) is 4.98 Å². The van der Waals surface area contributed by atoms with Crippen molar-refractivity contribution in [3.8, 4) is 11.5 Å². The van der Waals surface area contributed by atoms with Crippen LogP contribution in [0.15, 0.2) is 54.7 Å². The number of aryl methyl sites for hydroxylation is 2. The second-order valence-electron chi connectivity index (χ2n) is 7.04. The summed E-state index contributed by atoms with van der Waals surface area (Å²) in [5.74, 6) is 0.617. The SMILES string of the molecule is CNC(=O)c1cc(Oc2ccc3nc(NC(=O)c4cc(C)cc(C)c4)sc3c2)ccn1. The third-order valence-corrected chi connectivity index (χ3v) is 5.42. The minimum Gasteiger partial charge on any atom is -0.457 e. The van der Waals surface area contributed by atoms with Crippen LogP contribution in [0.5, 0.6) is 11.5 Å². The Morgan fingerprint density at radius 1 is 0.935 bits per heavy atom. The zero-order chi connectivity index (χ0) is 22.0. The number of fused-ring (bicyclic) bond motifs is 1. The third kappa shape index (κ3) is 4.70. The standard InChI is InChI=1S/C23H20N4O3S/c1-13-8-14(2)10-15(9-13)21(28)27-23-26-18-5-4-16(12-20(18)31-23)30-17-6-7-25-19(11-17)22(29)24-3/h4-12H,1-3H3,(H,24,29)(H,26,27,28). The quantitative estimate of drug-likeness (QED) is 0.476. The van der Waals surface area contributed by atoms with Gasteiger partial charge in [0.25, 0.3) is 11.8 Å². The van der Waals surface area contributed by atoms with Gasteiger partial charge in [0.15, 0.2) is 5.13 Å². The van der Waals surface area contributed by atoms with E-state index in [1.54, 1.807) is 25.2 Å². The summed E-state index contributed by atoms with van der Waals surface area (Å²) in [6, 6.07) is 14.4. The summed E-state index contributed by atoms with van der Waals surface area (Å²) >= 11 is 1.37. The number of carbonyl (C=O) groups excluding carboxylic acids is 2. The van der Waals surface area contributed by atoms with E-state index in [0.29, 0.717) is 22.2 Å². The van der Waals surface area contributed by atoms with E-state index in [2.05, 4.69) is 20.6 Å². The highest BCUT2D eigenvalue weighted by Crippen LogP contribution is 2.31. The summed E-state index contributed by atoms with van der Waals surface area (Å²) in [4.78, 5) is 32.9. The first-order valence-electron chi connectivity index (χ1n) is 9.57. The molecular weight excluding hydrogens is 412 g/mol. The summed E-state index contributed by atoms with van der Waals surface area (Å²) in [5, 5.41) is 5.92. The highest BCUT2D eigenvalue weighted by Gasteiger charge is 2.12. The number of nitrogens with zero attached hydrogens (tertiary/aromatic N) is 2. The van der Waals surface area contributed by atoms with Crippen LogP contribution in [0.1, 0.15) is 32.0 Å². The third-order valence-electron chi connectivity index (χ3n) is 4.49. The summed E-state index contributed by atoms with van der Waals surface area (Å²) in [7, 11) is 1.55. The number of thiazole rings is 1. The minimum atomic E-state index is -0.285. The molecule has 4 rings (SSSR count). The van der Waals surface area contributed by atoms with E-state index in [4.69, 9.17) is 4.74 Å². The van der Waals surface area contributed by atoms with Gasteiger partial charge in [-0.1, -0.05) is 28.5 Å². The van der Waals surface area contributed by atoms with E-state index < -0.39 is 0 Å². The lowest BCUT2D eigenvalue weighted by molar-refractivity contribution is 0.0957. The Morgan fingerprint density at radius 3 is 2.42 bits per heavy atom. The summed E-state index contributed by atoms with van der Waals surface area (Å²) in [6.45, 7) is 3.92. The lowest BCUT2D eigenvalue weighted by Gasteiger charge is -2.06. The Labute approximate surface area is 183 Å². The monoisotopic (exact) mass is 432 g/mol. The van der Waals surface area contributed by atoms with Crippen molar-refractivity contribution in [3.63, 3.8) is 0 Å². The number of anilines is 1. The van der Waals surface area contributed by atoms with Crippen LogP contribution in [0.2, 0.25) is 0 Å². The first kappa shape index (κ1) is 20.5. The molecule has 0 unspecified atom stereocenters. The Kier molecular flexibility index (Phi) is 5.64. The van der Waals surface area contributed by atoms with Gasteiger partial charge in [0.05, 0.1) is 10.2 Å². The van der Waals surface area contributed by atoms with Crippen LogP contribution < -0.4 is 15.4 Å². The molecule has 4 aromatic rings. The van der Waals surface area contributed by atoms with Crippen LogP contribution in [0.3, 0.4) is 0 Å².